The number of nitrogens with zero attached hydrogens (tertiary/aromatic N) is 2. The van der Waals surface area contributed by atoms with Gasteiger partial charge in [-0.15, -0.1) is 0 Å². The Morgan fingerprint density at radius 1 is 1.03 bits per heavy atom. The van der Waals surface area contributed by atoms with Crippen molar-refractivity contribution in [2.24, 2.45) is 0 Å². The highest BCUT2D eigenvalue weighted by Gasteiger charge is 2.23. The van der Waals surface area contributed by atoms with E-state index < -0.39 is 11.8 Å². The number of anilines is 3. The number of carbonyl (C=O) groups excluding carboxylic acids is 2. The fraction of sp³-hybridized carbons (Fsp3) is 0.240. The first-order chi connectivity index (χ1) is 16.5. The van der Waals surface area contributed by atoms with E-state index in [2.05, 4.69) is 15.6 Å². The van der Waals surface area contributed by atoms with Gasteiger partial charge in [0, 0.05) is 60.8 Å². The van der Waals surface area contributed by atoms with E-state index in [1.807, 2.05) is 4.90 Å². The van der Waals surface area contributed by atoms with Crippen LogP contribution in [0.15, 0.2) is 54.7 Å². The van der Waals surface area contributed by atoms with Gasteiger partial charge in [0.15, 0.2) is 0 Å². The third-order valence-electron chi connectivity index (χ3n) is 5.68. The number of aromatic nitrogens is 1. The van der Waals surface area contributed by atoms with Crippen LogP contribution in [0, 0.1) is 5.82 Å². The van der Waals surface area contributed by atoms with Gasteiger partial charge in [0.25, 0.3) is 0 Å². The molecule has 2 amide bonds. The molecular weight excluding hydrogens is 439 g/mol. The van der Waals surface area contributed by atoms with E-state index in [9.17, 15) is 14.0 Å². The van der Waals surface area contributed by atoms with Crippen LogP contribution in [0.2, 0.25) is 0 Å². The molecule has 0 atom stereocenters. The van der Waals surface area contributed by atoms with E-state index in [4.69, 9.17) is 9.47 Å². The van der Waals surface area contributed by atoms with E-state index in [1.54, 1.807) is 42.6 Å². The summed E-state index contributed by atoms with van der Waals surface area (Å²) in [6.45, 7) is 2.49. The van der Waals surface area contributed by atoms with Gasteiger partial charge in [-0.2, -0.15) is 0 Å². The van der Waals surface area contributed by atoms with Crippen molar-refractivity contribution < 1.29 is 23.5 Å². The summed E-state index contributed by atoms with van der Waals surface area (Å²) in [6, 6.07) is 12.6. The first kappa shape index (κ1) is 21.8. The number of urea groups is 1. The maximum Gasteiger partial charge on any atom is 0.323 e. The monoisotopic (exact) mass is 462 g/mol. The second kappa shape index (κ2) is 9.48. The molecule has 0 unspecified atom stereocenters. The molecule has 1 saturated heterocycles. The molecule has 8 nitrogen and oxygen atoms in total. The number of halogens is 1. The summed E-state index contributed by atoms with van der Waals surface area (Å²) in [5.41, 5.74) is 3.08. The van der Waals surface area contributed by atoms with E-state index in [0.29, 0.717) is 67.7 Å². The molecule has 0 bridgehead atoms. The summed E-state index contributed by atoms with van der Waals surface area (Å²) in [7, 11) is 0. The lowest BCUT2D eigenvalue weighted by Gasteiger charge is -2.29. The first-order valence-electron chi connectivity index (χ1n) is 11.0. The molecule has 1 aliphatic carbocycles. The van der Waals surface area contributed by atoms with Crippen LogP contribution in [0.25, 0.3) is 0 Å². The second-order valence-corrected chi connectivity index (χ2v) is 8.13. The topological polar surface area (TPSA) is 92.8 Å². The highest BCUT2D eigenvalue weighted by molar-refractivity contribution is 6.00. The smallest absolute Gasteiger partial charge is 0.323 e. The Morgan fingerprint density at radius 3 is 2.71 bits per heavy atom. The number of hydrogen-bond acceptors (Lipinski definition) is 6. The van der Waals surface area contributed by atoms with Crippen molar-refractivity contribution in [3.05, 3.63) is 71.8 Å². The molecule has 34 heavy (non-hydrogen) atoms. The van der Waals surface area contributed by atoms with Gasteiger partial charge in [-0.25, -0.2) is 9.18 Å². The highest BCUT2D eigenvalue weighted by atomic mass is 19.1. The number of hydrogen-bond donors (Lipinski definition) is 2. The number of morpholine rings is 1. The van der Waals surface area contributed by atoms with Crippen LogP contribution in [0.1, 0.15) is 11.3 Å². The zero-order valence-electron chi connectivity index (χ0n) is 18.3. The highest BCUT2D eigenvalue weighted by Crippen LogP contribution is 2.32. The summed E-state index contributed by atoms with van der Waals surface area (Å²) < 4.78 is 25.5. The molecule has 0 spiro atoms. The third kappa shape index (κ3) is 4.99. The zero-order chi connectivity index (χ0) is 23.5. The van der Waals surface area contributed by atoms with Crippen molar-refractivity contribution in [2.75, 3.05) is 41.8 Å². The van der Waals surface area contributed by atoms with Crippen molar-refractivity contribution in [1.82, 2.24) is 4.98 Å². The van der Waals surface area contributed by atoms with Crippen LogP contribution in [0.3, 0.4) is 0 Å². The van der Waals surface area contributed by atoms with E-state index in [0.717, 1.165) is 11.3 Å². The molecule has 3 aromatic rings. The van der Waals surface area contributed by atoms with Gasteiger partial charge in [-0.1, -0.05) is 6.07 Å². The van der Waals surface area contributed by atoms with Crippen molar-refractivity contribution in [2.45, 2.75) is 12.8 Å². The maximum absolute atomic E-state index is 14.2. The molecule has 2 aromatic carbocycles. The number of ether oxygens (including phenoxy) is 2. The SMILES string of the molecule is O=C1Cc2nccc(Oc3cccc(NC(=O)Nc4cc(F)cc(N5CCOCC5)c4)c3)c2C1. The molecule has 2 N–H and O–H groups in total. The molecule has 5 rings (SSSR count). The Morgan fingerprint density at radius 2 is 1.85 bits per heavy atom. The maximum atomic E-state index is 14.2. The minimum absolute atomic E-state index is 0.111. The number of benzene rings is 2. The number of carbonyl (C=O) groups is 2. The molecule has 174 valence electrons. The Kier molecular flexibility index (Phi) is 6.09. The van der Waals surface area contributed by atoms with Gasteiger partial charge in [-0.05, 0) is 36.4 Å². The van der Waals surface area contributed by atoms with Gasteiger partial charge in [0.1, 0.15) is 23.1 Å². The third-order valence-corrected chi connectivity index (χ3v) is 5.68. The molecule has 1 fully saturated rings. The lowest BCUT2D eigenvalue weighted by molar-refractivity contribution is -0.117. The van der Waals surface area contributed by atoms with Gasteiger partial charge in [-0.3, -0.25) is 9.78 Å². The largest absolute Gasteiger partial charge is 0.457 e. The predicted octanol–water partition coefficient (Wildman–Crippen LogP) is 4.16. The summed E-state index contributed by atoms with van der Waals surface area (Å²) in [4.78, 5) is 30.6. The van der Waals surface area contributed by atoms with Crippen molar-refractivity contribution in [1.29, 1.82) is 0 Å². The Balaban J connectivity index is 1.26. The first-order valence-corrected chi connectivity index (χ1v) is 11.0. The van der Waals surface area contributed by atoms with Crippen molar-refractivity contribution in [3.63, 3.8) is 0 Å². The number of ketones is 1. The van der Waals surface area contributed by atoms with Crippen molar-refractivity contribution in [3.8, 4) is 11.5 Å². The van der Waals surface area contributed by atoms with E-state index in [1.165, 1.54) is 12.1 Å². The summed E-state index contributed by atoms with van der Waals surface area (Å²) in [5.74, 6) is 0.761. The van der Waals surface area contributed by atoms with E-state index in [-0.39, 0.29) is 5.78 Å². The molecular formula is C25H23FN4O4. The number of pyridine rings is 1. The van der Waals surface area contributed by atoms with Crippen LogP contribution in [0.5, 0.6) is 11.5 Å². The predicted molar refractivity (Wildman–Crippen MR) is 125 cm³/mol. The van der Waals surface area contributed by atoms with Gasteiger partial charge in [0.2, 0.25) is 0 Å². The number of fused-ring (bicyclic) bond motifs is 1. The normalized spacial score (nSPS) is 15.1. The lowest BCUT2D eigenvalue weighted by Crippen LogP contribution is -2.36. The average molecular weight is 462 g/mol. The van der Waals surface area contributed by atoms with Gasteiger partial charge >= 0.3 is 6.03 Å². The van der Waals surface area contributed by atoms with E-state index >= 15 is 0 Å². The fourth-order valence-corrected chi connectivity index (χ4v) is 4.11. The zero-order valence-corrected chi connectivity index (χ0v) is 18.3. The van der Waals surface area contributed by atoms with Gasteiger partial charge in [0.05, 0.1) is 18.9 Å². The van der Waals surface area contributed by atoms with Crippen LogP contribution in [-0.4, -0.2) is 43.1 Å². The standard InChI is InChI=1S/C25H23FN4O4/c26-16-10-18(12-19(11-16)30-6-8-33-9-7-30)29-25(32)28-17-2-1-3-21(13-17)34-24-4-5-27-23-15-20(31)14-22(23)24/h1-5,10-13H,6-9,14-15H2,(H2,28,29,32). The number of Topliss-reactive ketones (excluding diaryl/α,β-unsaturated/α-hetero) is 1. The number of amides is 2. The van der Waals surface area contributed by atoms with Crippen LogP contribution >= 0.6 is 0 Å². The van der Waals surface area contributed by atoms with Crippen LogP contribution < -0.4 is 20.3 Å². The van der Waals surface area contributed by atoms with Crippen LogP contribution in [-0.2, 0) is 22.4 Å². The summed E-state index contributed by atoms with van der Waals surface area (Å²) in [5, 5.41) is 5.43. The number of nitrogens with one attached hydrogen (secondary N) is 2. The fourth-order valence-electron chi connectivity index (χ4n) is 4.11. The second-order valence-electron chi connectivity index (χ2n) is 8.13. The molecule has 2 aliphatic rings. The minimum atomic E-state index is -0.508. The molecule has 0 saturated carbocycles. The minimum Gasteiger partial charge on any atom is -0.457 e. The van der Waals surface area contributed by atoms with Crippen LogP contribution in [0.4, 0.5) is 26.2 Å². The molecule has 9 heteroatoms. The van der Waals surface area contributed by atoms with Crippen molar-refractivity contribution >= 4 is 28.9 Å². The Bertz CT molecular complexity index is 1240. The lowest BCUT2D eigenvalue weighted by atomic mass is 10.2. The molecule has 2 heterocycles. The molecule has 0 radical (unpaired) electrons. The quantitative estimate of drug-likeness (QED) is 0.592. The molecule has 1 aromatic heterocycles. The Hall–Kier alpha value is -3.98. The van der Waals surface area contributed by atoms with Gasteiger partial charge < -0.3 is 25.0 Å². The summed E-state index contributed by atoms with van der Waals surface area (Å²) in [6.07, 6.45) is 2.24. The Labute approximate surface area is 195 Å². The number of rotatable bonds is 5. The average Bonchev–Trinajstić information content (AvgIpc) is 3.21. The summed E-state index contributed by atoms with van der Waals surface area (Å²) >= 11 is 0. The molecule has 1 aliphatic heterocycles.